The van der Waals surface area contributed by atoms with E-state index in [2.05, 4.69) is 5.32 Å². The van der Waals surface area contributed by atoms with Crippen molar-refractivity contribution in [3.05, 3.63) is 70.8 Å². The monoisotopic (exact) mass is 310 g/mol. The van der Waals surface area contributed by atoms with Crippen LogP contribution in [-0.4, -0.2) is 17.9 Å². The Hall–Kier alpha value is -2.62. The maximum atomic E-state index is 12.5. The molecular weight excluding hydrogens is 288 g/mol. The molecule has 0 aliphatic heterocycles. The minimum atomic E-state index is -0.759. The fourth-order valence-corrected chi connectivity index (χ4v) is 2.61. The molecule has 0 fully saturated rings. The van der Waals surface area contributed by atoms with Crippen LogP contribution in [0.2, 0.25) is 0 Å². The number of aryl methyl sites for hydroxylation is 1. The number of carbonyl (C=O) groups excluding carboxylic acids is 2. The van der Waals surface area contributed by atoms with Gasteiger partial charge < -0.3 is 11.1 Å². The standard InChI is InChI=1S/C19H22N2O2/c1-12-8-7-11-16(13(12)2)19(23)21-17(18(20)22)14(3)15-9-5-4-6-10-15/h4-11,14,17H,1-3H3,(H2,20,22)(H,21,23)/t14-,17+/m0/s1. The van der Waals surface area contributed by atoms with Crippen molar-refractivity contribution >= 4 is 11.8 Å². The third-order valence-corrected chi connectivity index (χ3v) is 4.27. The first-order valence-electron chi connectivity index (χ1n) is 7.63. The topological polar surface area (TPSA) is 72.2 Å². The molecule has 0 heterocycles. The summed E-state index contributed by atoms with van der Waals surface area (Å²) in [7, 11) is 0. The van der Waals surface area contributed by atoms with E-state index >= 15 is 0 Å². The highest BCUT2D eigenvalue weighted by Gasteiger charge is 2.26. The van der Waals surface area contributed by atoms with Gasteiger partial charge in [0.25, 0.3) is 5.91 Å². The van der Waals surface area contributed by atoms with Crippen molar-refractivity contribution in [2.75, 3.05) is 0 Å². The minimum absolute atomic E-state index is 0.206. The van der Waals surface area contributed by atoms with Gasteiger partial charge in [-0.15, -0.1) is 0 Å². The van der Waals surface area contributed by atoms with Crippen LogP contribution in [0.25, 0.3) is 0 Å². The number of benzene rings is 2. The first-order chi connectivity index (χ1) is 10.9. The molecule has 0 spiro atoms. The van der Waals surface area contributed by atoms with Crippen molar-refractivity contribution in [2.24, 2.45) is 5.73 Å². The van der Waals surface area contributed by atoms with Gasteiger partial charge in [-0.05, 0) is 36.6 Å². The van der Waals surface area contributed by atoms with E-state index in [1.165, 1.54) is 0 Å². The fourth-order valence-electron chi connectivity index (χ4n) is 2.61. The Morgan fingerprint density at radius 3 is 2.26 bits per heavy atom. The first kappa shape index (κ1) is 16.7. The normalized spacial score (nSPS) is 13.2. The van der Waals surface area contributed by atoms with Crippen molar-refractivity contribution in [3.63, 3.8) is 0 Å². The number of hydrogen-bond donors (Lipinski definition) is 2. The highest BCUT2D eigenvalue weighted by atomic mass is 16.2. The summed E-state index contributed by atoms with van der Waals surface area (Å²) < 4.78 is 0. The summed E-state index contributed by atoms with van der Waals surface area (Å²) in [6, 6.07) is 14.3. The van der Waals surface area contributed by atoms with Crippen LogP contribution in [0.15, 0.2) is 48.5 Å². The Bertz CT molecular complexity index is 711. The second kappa shape index (κ2) is 7.09. The summed E-state index contributed by atoms with van der Waals surface area (Å²) in [5.41, 5.74) is 8.97. The zero-order valence-corrected chi connectivity index (χ0v) is 13.7. The van der Waals surface area contributed by atoms with Gasteiger partial charge in [-0.1, -0.05) is 49.4 Å². The van der Waals surface area contributed by atoms with Gasteiger partial charge in [0.1, 0.15) is 6.04 Å². The molecule has 0 aliphatic carbocycles. The average molecular weight is 310 g/mol. The van der Waals surface area contributed by atoms with Gasteiger partial charge in [-0.2, -0.15) is 0 Å². The van der Waals surface area contributed by atoms with Crippen LogP contribution in [0.5, 0.6) is 0 Å². The zero-order valence-electron chi connectivity index (χ0n) is 13.7. The number of carbonyl (C=O) groups is 2. The molecule has 3 N–H and O–H groups in total. The molecule has 2 aromatic rings. The van der Waals surface area contributed by atoms with E-state index < -0.39 is 11.9 Å². The lowest BCUT2D eigenvalue weighted by Crippen LogP contribution is -2.47. The lowest BCUT2D eigenvalue weighted by molar-refractivity contribution is -0.120. The molecule has 0 radical (unpaired) electrons. The van der Waals surface area contributed by atoms with Crippen LogP contribution in [-0.2, 0) is 4.79 Å². The predicted molar refractivity (Wildman–Crippen MR) is 91.2 cm³/mol. The first-order valence-corrected chi connectivity index (χ1v) is 7.63. The summed E-state index contributed by atoms with van der Waals surface area (Å²) in [4.78, 5) is 24.4. The molecule has 0 unspecified atom stereocenters. The second-order valence-electron chi connectivity index (χ2n) is 5.80. The number of nitrogens with two attached hydrogens (primary N) is 1. The van der Waals surface area contributed by atoms with Crippen molar-refractivity contribution < 1.29 is 9.59 Å². The van der Waals surface area contributed by atoms with Gasteiger partial charge in [-0.3, -0.25) is 9.59 Å². The van der Waals surface area contributed by atoms with Gasteiger partial charge in [0.05, 0.1) is 0 Å². The van der Waals surface area contributed by atoms with E-state index in [1.807, 2.05) is 63.2 Å². The smallest absolute Gasteiger partial charge is 0.252 e. The molecule has 0 aliphatic rings. The summed E-state index contributed by atoms with van der Waals surface area (Å²) in [6.07, 6.45) is 0. The zero-order chi connectivity index (χ0) is 17.0. The van der Waals surface area contributed by atoms with E-state index in [1.54, 1.807) is 6.07 Å². The van der Waals surface area contributed by atoms with Gasteiger partial charge in [0.2, 0.25) is 5.91 Å². The summed E-state index contributed by atoms with van der Waals surface area (Å²) in [5.74, 6) is -1.03. The highest BCUT2D eigenvalue weighted by molar-refractivity contribution is 5.98. The van der Waals surface area contributed by atoms with Crippen LogP contribution >= 0.6 is 0 Å². The van der Waals surface area contributed by atoms with Crippen molar-refractivity contribution in [3.8, 4) is 0 Å². The average Bonchev–Trinajstić information content (AvgIpc) is 2.55. The Morgan fingerprint density at radius 2 is 1.65 bits per heavy atom. The van der Waals surface area contributed by atoms with E-state index in [9.17, 15) is 9.59 Å². The molecule has 4 nitrogen and oxygen atoms in total. The van der Waals surface area contributed by atoms with Crippen LogP contribution in [0.4, 0.5) is 0 Å². The van der Waals surface area contributed by atoms with Crippen molar-refractivity contribution in [2.45, 2.75) is 32.7 Å². The lowest BCUT2D eigenvalue weighted by Gasteiger charge is -2.23. The number of nitrogens with one attached hydrogen (secondary N) is 1. The Balaban J connectivity index is 2.24. The summed E-state index contributed by atoms with van der Waals surface area (Å²) in [6.45, 7) is 5.72. The molecule has 0 aromatic heterocycles. The highest BCUT2D eigenvalue weighted by Crippen LogP contribution is 2.20. The third kappa shape index (κ3) is 3.77. The third-order valence-electron chi connectivity index (χ3n) is 4.27. The fraction of sp³-hybridized carbons (Fsp3) is 0.263. The minimum Gasteiger partial charge on any atom is -0.368 e. The van der Waals surface area contributed by atoms with Crippen LogP contribution in [0.1, 0.15) is 39.9 Å². The molecule has 4 heteroatoms. The van der Waals surface area contributed by atoms with E-state index in [0.29, 0.717) is 5.56 Å². The van der Waals surface area contributed by atoms with E-state index in [-0.39, 0.29) is 11.8 Å². The molecule has 120 valence electrons. The number of primary amides is 1. The van der Waals surface area contributed by atoms with Gasteiger partial charge in [0, 0.05) is 11.5 Å². The Morgan fingerprint density at radius 1 is 1.00 bits per heavy atom. The molecule has 0 bridgehead atoms. The number of rotatable bonds is 5. The second-order valence-corrected chi connectivity index (χ2v) is 5.80. The molecular formula is C19H22N2O2. The van der Waals surface area contributed by atoms with Crippen LogP contribution in [0.3, 0.4) is 0 Å². The Kier molecular flexibility index (Phi) is 5.16. The summed E-state index contributed by atoms with van der Waals surface area (Å²) in [5, 5.41) is 2.79. The van der Waals surface area contributed by atoms with Crippen molar-refractivity contribution in [1.29, 1.82) is 0 Å². The Labute approximate surface area is 136 Å². The van der Waals surface area contributed by atoms with E-state index in [4.69, 9.17) is 5.73 Å². The van der Waals surface area contributed by atoms with Crippen LogP contribution < -0.4 is 11.1 Å². The molecule has 2 aromatic carbocycles. The SMILES string of the molecule is Cc1cccc(C(=O)N[C@@H](C(N)=O)[C@@H](C)c2ccccc2)c1C. The van der Waals surface area contributed by atoms with Crippen molar-refractivity contribution in [1.82, 2.24) is 5.32 Å². The van der Waals surface area contributed by atoms with Gasteiger partial charge in [0.15, 0.2) is 0 Å². The van der Waals surface area contributed by atoms with Gasteiger partial charge in [-0.25, -0.2) is 0 Å². The van der Waals surface area contributed by atoms with Crippen LogP contribution in [0, 0.1) is 13.8 Å². The maximum Gasteiger partial charge on any atom is 0.252 e. The number of amides is 2. The van der Waals surface area contributed by atoms with E-state index in [0.717, 1.165) is 16.7 Å². The maximum absolute atomic E-state index is 12.5. The molecule has 0 saturated heterocycles. The molecule has 0 saturated carbocycles. The molecule has 2 rings (SSSR count). The van der Waals surface area contributed by atoms with Gasteiger partial charge >= 0.3 is 0 Å². The molecule has 23 heavy (non-hydrogen) atoms. The summed E-state index contributed by atoms with van der Waals surface area (Å²) >= 11 is 0. The molecule has 2 amide bonds. The molecule has 2 atom stereocenters. The quantitative estimate of drug-likeness (QED) is 0.891. The predicted octanol–water partition coefficient (Wildman–Crippen LogP) is 2.69. The largest absolute Gasteiger partial charge is 0.368 e. The lowest BCUT2D eigenvalue weighted by atomic mass is 9.92. The number of hydrogen-bond acceptors (Lipinski definition) is 2.